The van der Waals surface area contributed by atoms with Crippen LogP contribution < -0.4 is 15.8 Å². The molecule has 0 radical (unpaired) electrons. The van der Waals surface area contributed by atoms with Crippen molar-refractivity contribution in [3.8, 4) is 16.9 Å². The lowest BCUT2D eigenvalue weighted by Crippen LogP contribution is -2.37. The number of halogens is 3. The first-order valence-corrected chi connectivity index (χ1v) is 8.67. The van der Waals surface area contributed by atoms with Crippen molar-refractivity contribution in [1.82, 2.24) is 10.2 Å². The smallest absolute Gasteiger partial charge is 0.416 e. The first-order valence-electron chi connectivity index (χ1n) is 8.67. The summed E-state index contributed by atoms with van der Waals surface area (Å²) in [6.45, 7) is 0. The van der Waals surface area contributed by atoms with Crippen molar-refractivity contribution < 1.29 is 22.7 Å². The van der Waals surface area contributed by atoms with E-state index in [4.69, 9.17) is 10.5 Å². The molecule has 0 aliphatic heterocycles. The molecule has 152 valence electrons. The number of benzene rings is 2. The van der Waals surface area contributed by atoms with Gasteiger partial charge in [-0.25, -0.2) is 0 Å². The standard InChI is InChI=1S/C20H19F3N4O2/c1-29-18-9-15(5-6-16(18)13-10-25-26-11-13)27-19(28)17(24)8-12-3-2-4-14(7-12)20(21,22)23/h2-7,9-11,17H,8,24H2,1H3,(H,25,26)(H,27,28). The van der Waals surface area contributed by atoms with Crippen LogP contribution in [-0.4, -0.2) is 29.3 Å². The zero-order valence-electron chi connectivity index (χ0n) is 15.5. The first-order chi connectivity index (χ1) is 13.8. The molecule has 1 unspecified atom stereocenters. The third-order valence-electron chi connectivity index (χ3n) is 4.32. The molecule has 29 heavy (non-hydrogen) atoms. The zero-order valence-corrected chi connectivity index (χ0v) is 15.5. The van der Waals surface area contributed by atoms with Crippen LogP contribution in [0.3, 0.4) is 0 Å². The molecule has 0 saturated carbocycles. The van der Waals surface area contributed by atoms with Crippen molar-refractivity contribution >= 4 is 11.6 Å². The minimum atomic E-state index is -4.45. The van der Waals surface area contributed by atoms with Crippen molar-refractivity contribution in [1.29, 1.82) is 0 Å². The molecule has 1 amide bonds. The Hall–Kier alpha value is -3.33. The highest BCUT2D eigenvalue weighted by Gasteiger charge is 2.30. The van der Waals surface area contributed by atoms with Crippen LogP contribution in [0.25, 0.3) is 11.1 Å². The number of ether oxygens (including phenoxy) is 1. The molecule has 0 aliphatic carbocycles. The fraction of sp³-hybridized carbons (Fsp3) is 0.200. The predicted molar refractivity (Wildman–Crippen MR) is 102 cm³/mol. The molecule has 3 aromatic rings. The monoisotopic (exact) mass is 404 g/mol. The van der Waals surface area contributed by atoms with Gasteiger partial charge in [-0.3, -0.25) is 9.89 Å². The Morgan fingerprint density at radius 2 is 2.07 bits per heavy atom. The summed E-state index contributed by atoms with van der Waals surface area (Å²) in [5, 5.41) is 9.27. The second kappa shape index (κ2) is 8.36. The van der Waals surface area contributed by atoms with Crippen LogP contribution in [0, 0.1) is 0 Å². The average molecular weight is 404 g/mol. The summed E-state index contributed by atoms with van der Waals surface area (Å²) in [5.41, 5.74) is 7.51. The van der Waals surface area contributed by atoms with Gasteiger partial charge in [-0.05, 0) is 30.2 Å². The number of aromatic amines is 1. The van der Waals surface area contributed by atoms with E-state index in [1.165, 1.54) is 19.2 Å². The summed E-state index contributed by atoms with van der Waals surface area (Å²) < 4.78 is 43.8. The molecule has 2 aromatic carbocycles. The zero-order chi connectivity index (χ0) is 21.0. The number of nitrogens with zero attached hydrogens (tertiary/aromatic N) is 1. The molecule has 4 N–H and O–H groups in total. The Kier molecular flexibility index (Phi) is 5.88. The van der Waals surface area contributed by atoms with Crippen LogP contribution in [-0.2, 0) is 17.4 Å². The lowest BCUT2D eigenvalue weighted by atomic mass is 10.0. The molecule has 1 atom stereocenters. The van der Waals surface area contributed by atoms with Crippen LogP contribution in [0.15, 0.2) is 54.9 Å². The maximum absolute atomic E-state index is 12.8. The van der Waals surface area contributed by atoms with E-state index < -0.39 is 23.7 Å². The van der Waals surface area contributed by atoms with Gasteiger partial charge in [0.25, 0.3) is 0 Å². The minimum absolute atomic E-state index is 0.0278. The van der Waals surface area contributed by atoms with Gasteiger partial charge in [-0.1, -0.05) is 18.2 Å². The summed E-state index contributed by atoms with van der Waals surface area (Å²) in [7, 11) is 1.50. The van der Waals surface area contributed by atoms with Gasteiger partial charge in [-0.15, -0.1) is 0 Å². The Bertz CT molecular complexity index is 988. The quantitative estimate of drug-likeness (QED) is 0.585. The Labute approximate surface area is 164 Å². The van der Waals surface area contributed by atoms with Crippen LogP contribution in [0.5, 0.6) is 5.75 Å². The molecule has 0 bridgehead atoms. The Balaban J connectivity index is 1.70. The van der Waals surface area contributed by atoms with E-state index in [1.54, 1.807) is 30.6 Å². The van der Waals surface area contributed by atoms with E-state index in [1.807, 2.05) is 0 Å². The molecule has 1 heterocycles. The number of aromatic nitrogens is 2. The maximum Gasteiger partial charge on any atom is 0.416 e. The van der Waals surface area contributed by atoms with Gasteiger partial charge in [0.2, 0.25) is 5.91 Å². The van der Waals surface area contributed by atoms with Gasteiger partial charge < -0.3 is 15.8 Å². The number of nitrogens with two attached hydrogens (primary N) is 1. The third kappa shape index (κ3) is 4.94. The van der Waals surface area contributed by atoms with E-state index in [0.717, 1.165) is 23.3 Å². The summed E-state index contributed by atoms with van der Waals surface area (Å²) in [6, 6.07) is 8.83. The number of hydrogen-bond acceptors (Lipinski definition) is 4. The number of alkyl halides is 3. The molecule has 6 nitrogen and oxygen atoms in total. The number of H-pyrrole nitrogens is 1. The molecule has 0 saturated heterocycles. The number of carbonyl (C=O) groups is 1. The van der Waals surface area contributed by atoms with Gasteiger partial charge in [0, 0.05) is 29.1 Å². The Morgan fingerprint density at radius 1 is 1.28 bits per heavy atom. The highest BCUT2D eigenvalue weighted by molar-refractivity contribution is 5.95. The number of hydrogen-bond donors (Lipinski definition) is 3. The van der Waals surface area contributed by atoms with E-state index in [9.17, 15) is 18.0 Å². The second-order valence-corrected chi connectivity index (χ2v) is 6.40. The fourth-order valence-corrected chi connectivity index (χ4v) is 2.86. The summed E-state index contributed by atoms with van der Waals surface area (Å²) in [5.74, 6) is 0.0103. The van der Waals surface area contributed by atoms with Gasteiger partial charge in [0.15, 0.2) is 0 Å². The summed E-state index contributed by atoms with van der Waals surface area (Å²) in [6.07, 6.45) is -1.13. The highest BCUT2D eigenvalue weighted by Crippen LogP contribution is 2.32. The van der Waals surface area contributed by atoms with Gasteiger partial charge in [-0.2, -0.15) is 18.3 Å². The number of rotatable bonds is 6. The van der Waals surface area contributed by atoms with E-state index in [2.05, 4.69) is 15.5 Å². The first kappa shape index (κ1) is 20.4. The van der Waals surface area contributed by atoms with Gasteiger partial charge in [0.1, 0.15) is 5.75 Å². The molecular weight excluding hydrogens is 385 g/mol. The van der Waals surface area contributed by atoms with E-state index >= 15 is 0 Å². The molecule has 3 rings (SSSR count). The second-order valence-electron chi connectivity index (χ2n) is 6.40. The lowest BCUT2D eigenvalue weighted by Gasteiger charge is -2.15. The molecule has 9 heteroatoms. The van der Waals surface area contributed by atoms with Crippen molar-refractivity contribution in [2.75, 3.05) is 12.4 Å². The molecule has 1 aromatic heterocycles. The number of methoxy groups -OCH3 is 1. The Morgan fingerprint density at radius 3 is 2.72 bits per heavy atom. The summed E-state index contributed by atoms with van der Waals surface area (Å²) in [4.78, 5) is 12.4. The molecular formula is C20H19F3N4O2. The van der Waals surface area contributed by atoms with Crippen molar-refractivity contribution in [2.24, 2.45) is 5.73 Å². The SMILES string of the molecule is COc1cc(NC(=O)C(N)Cc2cccc(C(F)(F)F)c2)ccc1-c1cn[nH]c1. The topological polar surface area (TPSA) is 93.0 Å². The summed E-state index contributed by atoms with van der Waals surface area (Å²) >= 11 is 0. The molecule has 0 aliphatic rings. The fourth-order valence-electron chi connectivity index (χ4n) is 2.86. The van der Waals surface area contributed by atoms with Crippen molar-refractivity contribution in [3.05, 3.63) is 66.0 Å². The van der Waals surface area contributed by atoms with E-state index in [0.29, 0.717) is 17.0 Å². The number of nitrogens with one attached hydrogen (secondary N) is 2. The van der Waals surface area contributed by atoms with Crippen molar-refractivity contribution in [2.45, 2.75) is 18.6 Å². The van der Waals surface area contributed by atoms with Crippen LogP contribution in [0.4, 0.5) is 18.9 Å². The van der Waals surface area contributed by atoms with Gasteiger partial charge in [0.05, 0.1) is 24.9 Å². The third-order valence-corrected chi connectivity index (χ3v) is 4.32. The largest absolute Gasteiger partial charge is 0.496 e. The normalized spacial score (nSPS) is 12.4. The van der Waals surface area contributed by atoms with Gasteiger partial charge >= 0.3 is 6.18 Å². The van der Waals surface area contributed by atoms with Crippen LogP contribution in [0.2, 0.25) is 0 Å². The van der Waals surface area contributed by atoms with Crippen LogP contribution >= 0.6 is 0 Å². The number of anilines is 1. The van der Waals surface area contributed by atoms with Crippen LogP contribution in [0.1, 0.15) is 11.1 Å². The predicted octanol–water partition coefficient (Wildman–Crippen LogP) is 3.61. The highest BCUT2D eigenvalue weighted by atomic mass is 19.4. The average Bonchev–Trinajstić information content (AvgIpc) is 3.22. The minimum Gasteiger partial charge on any atom is -0.496 e. The van der Waals surface area contributed by atoms with Crippen molar-refractivity contribution in [3.63, 3.8) is 0 Å². The number of amides is 1. The molecule has 0 spiro atoms. The lowest BCUT2D eigenvalue weighted by molar-refractivity contribution is -0.137. The molecule has 0 fully saturated rings. The van der Waals surface area contributed by atoms with E-state index in [-0.39, 0.29) is 6.42 Å². The maximum atomic E-state index is 12.8. The number of carbonyl (C=O) groups excluding carboxylic acids is 1.